The van der Waals surface area contributed by atoms with Gasteiger partial charge in [-0.05, 0) is 52.0 Å². The number of hydrogen-bond donors (Lipinski definition) is 0. The fourth-order valence-electron chi connectivity index (χ4n) is 4.85. The molecule has 190 valence electrons. The smallest absolute Gasteiger partial charge is 0.416 e. The van der Waals surface area contributed by atoms with Crippen LogP contribution in [0.2, 0.25) is 0 Å². The SMILES string of the molecule is Cc1nnccc1-c1cc2c(n3cnnc13)N(C(=O)OC(C)(C)C)Cc1c(F)ccc3c1[C@H](CO3)CO2. The van der Waals surface area contributed by atoms with Crippen LogP contribution in [0.1, 0.15) is 43.5 Å². The molecule has 0 saturated heterocycles. The van der Waals surface area contributed by atoms with Crippen LogP contribution >= 0.6 is 0 Å². The molecule has 2 aliphatic rings. The minimum absolute atomic E-state index is 0.0946. The lowest BCUT2D eigenvalue weighted by Crippen LogP contribution is -2.38. The first-order valence-electron chi connectivity index (χ1n) is 11.9. The normalized spacial score (nSPS) is 16.7. The quantitative estimate of drug-likeness (QED) is 0.375. The van der Waals surface area contributed by atoms with Gasteiger partial charge in [0.15, 0.2) is 17.2 Å². The molecule has 5 heterocycles. The summed E-state index contributed by atoms with van der Waals surface area (Å²) in [4.78, 5) is 15.0. The van der Waals surface area contributed by atoms with E-state index < -0.39 is 17.5 Å². The lowest BCUT2D eigenvalue weighted by Gasteiger charge is -2.29. The Labute approximate surface area is 212 Å². The van der Waals surface area contributed by atoms with Gasteiger partial charge in [0.1, 0.15) is 23.5 Å². The van der Waals surface area contributed by atoms with Crippen LogP contribution in [0.4, 0.5) is 15.0 Å². The zero-order valence-corrected chi connectivity index (χ0v) is 20.9. The molecule has 37 heavy (non-hydrogen) atoms. The molecular weight excluding hydrogens is 479 g/mol. The Balaban J connectivity index is 1.61. The van der Waals surface area contributed by atoms with Crippen molar-refractivity contribution in [2.45, 2.75) is 45.8 Å². The summed E-state index contributed by atoms with van der Waals surface area (Å²) in [6, 6.07) is 6.62. The summed E-state index contributed by atoms with van der Waals surface area (Å²) in [5, 5.41) is 16.6. The highest BCUT2D eigenvalue weighted by molar-refractivity contribution is 5.92. The third-order valence-electron chi connectivity index (χ3n) is 6.44. The van der Waals surface area contributed by atoms with Crippen LogP contribution in [0.3, 0.4) is 0 Å². The number of carbonyl (C=O) groups is 1. The van der Waals surface area contributed by atoms with Gasteiger partial charge in [-0.15, -0.1) is 10.2 Å². The Hall–Kier alpha value is -4.28. The Morgan fingerprint density at radius 1 is 1.08 bits per heavy atom. The number of hydrogen-bond acceptors (Lipinski definition) is 8. The summed E-state index contributed by atoms with van der Waals surface area (Å²) in [6.45, 7) is 7.66. The molecule has 0 aliphatic carbocycles. The molecule has 0 N–H and O–H groups in total. The number of aromatic nitrogens is 5. The summed E-state index contributed by atoms with van der Waals surface area (Å²) >= 11 is 0. The number of ether oxygens (including phenoxy) is 3. The average molecular weight is 505 g/mol. The highest BCUT2D eigenvalue weighted by atomic mass is 19.1. The van der Waals surface area contributed by atoms with Crippen LogP contribution in [-0.2, 0) is 11.3 Å². The topological polar surface area (TPSA) is 104 Å². The number of aryl methyl sites for hydroxylation is 1. The Bertz CT molecular complexity index is 1550. The Morgan fingerprint density at radius 2 is 1.86 bits per heavy atom. The van der Waals surface area contributed by atoms with Crippen molar-refractivity contribution in [3.63, 3.8) is 0 Å². The molecule has 0 bridgehead atoms. The van der Waals surface area contributed by atoms with Crippen molar-refractivity contribution in [2.24, 2.45) is 0 Å². The van der Waals surface area contributed by atoms with E-state index in [2.05, 4.69) is 20.4 Å². The number of pyridine rings is 1. The van der Waals surface area contributed by atoms with Gasteiger partial charge < -0.3 is 14.2 Å². The van der Waals surface area contributed by atoms with E-state index in [0.29, 0.717) is 52.0 Å². The summed E-state index contributed by atoms with van der Waals surface area (Å²) in [6.07, 6.45) is 2.44. The highest BCUT2D eigenvalue weighted by Crippen LogP contribution is 2.44. The minimum atomic E-state index is -0.786. The van der Waals surface area contributed by atoms with Gasteiger partial charge in [0.2, 0.25) is 0 Å². The van der Waals surface area contributed by atoms with Crippen LogP contribution in [0, 0.1) is 12.7 Å². The monoisotopic (exact) mass is 504 g/mol. The lowest BCUT2D eigenvalue weighted by molar-refractivity contribution is 0.0574. The average Bonchev–Trinajstić information content (AvgIpc) is 3.49. The van der Waals surface area contributed by atoms with E-state index >= 15 is 4.39 Å². The van der Waals surface area contributed by atoms with Gasteiger partial charge in [-0.25, -0.2) is 9.18 Å². The van der Waals surface area contributed by atoms with E-state index in [4.69, 9.17) is 14.2 Å². The third-order valence-corrected chi connectivity index (χ3v) is 6.44. The van der Waals surface area contributed by atoms with E-state index in [0.717, 1.165) is 5.56 Å². The van der Waals surface area contributed by atoms with Gasteiger partial charge in [-0.3, -0.25) is 9.30 Å². The molecule has 3 aromatic heterocycles. The largest absolute Gasteiger partial charge is 0.493 e. The van der Waals surface area contributed by atoms with Gasteiger partial charge in [0.25, 0.3) is 0 Å². The van der Waals surface area contributed by atoms with Gasteiger partial charge >= 0.3 is 6.09 Å². The van der Waals surface area contributed by atoms with Crippen molar-refractivity contribution in [3.8, 4) is 22.6 Å². The van der Waals surface area contributed by atoms with Crippen LogP contribution in [-0.4, -0.2) is 49.7 Å². The second-order valence-electron chi connectivity index (χ2n) is 10.1. The molecule has 0 fully saturated rings. The maximum Gasteiger partial charge on any atom is 0.416 e. The number of amides is 1. The molecule has 1 amide bonds. The molecule has 2 aliphatic heterocycles. The molecule has 0 radical (unpaired) electrons. The Morgan fingerprint density at radius 3 is 2.62 bits per heavy atom. The zero-order valence-electron chi connectivity index (χ0n) is 20.9. The molecule has 0 saturated carbocycles. The highest BCUT2D eigenvalue weighted by Gasteiger charge is 2.37. The summed E-state index contributed by atoms with van der Waals surface area (Å²) in [5.74, 6) is 0.688. The van der Waals surface area contributed by atoms with Crippen molar-refractivity contribution >= 4 is 17.6 Å². The van der Waals surface area contributed by atoms with Crippen LogP contribution in [0.25, 0.3) is 16.8 Å². The fourth-order valence-corrected chi connectivity index (χ4v) is 4.85. The number of anilines is 1. The van der Waals surface area contributed by atoms with Crippen molar-refractivity contribution in [1.29, 1.82) is 0 Å². The number of benzene rings is 1. The van der Waals surface area contributed by atoms with E-state index in [1.807, 2.05) is 19.1 Å². The number of nitrogens with zero attached hydrogens (tertiary/aromatic N) is 6. The standard InChI is InChI=1S/C26H25FN6O4/c1-14-16(7-8-28-30-14)17-9-21-24(33-13-29-31-23(17)33)32(25(34)37-26(2,3)4)10-18-19(27)5-6-20-22(18)15(11-35-20)12-36-21/h5-9,13,15H,10-12H2,1-4H3/t15-/m1/s1. The first-order valence-corrected chi connectivity index (χ1v) is 11.9. The molecule has 11 heteroatoms. The van der Waals surface area contributed by atoms with E-state index in [1.165, 1.54) is 17.3 Å². The van der Waals surface area contributed by atoms with Gasteiger partial charge in [-0.2, -0.15) is 10.2 Å². The number of fused-ring (bicyclic) bond motifs is 3. The van der Waals surface area contributed by atoms with Crippen LogP contribution in [0.5, 0.6) is 11.5 Å². The minimum Gasteiger partial charge on any atom is -0.493 e. The van der Waals surface area contributed by atoms with E-state index in [1.54, 1.807) is 37.4 Å². The molecule has 1 atom stereocenters. The second kappa shape index (κ2) is 8.39. The zero-order chi connectivity index (χ0) is 25.9. The first kappa shape index (κ1) is 23.1. The van der Waals surface area contributed by atoms with Crippen molar-refractivity contribution < 1.29 is 23.4 Å². The van der Waals surface area contributed by atoms with Gasteiger partial charge in [0, 0.05) is 22.3 Å². The summed E-state index contributed by atoms with van der Waals surface area (Å²) in [5.41, 5.74) is 2.96. The number of rotatable bonds is 1. The predicted molar refractivity (Wildman–Crippen MR) is 131 cm³/mol. The molecule has 4 aromatic rings. The number of halogens is 1. The second-order valence-corrected chi connectivity index (χ2v) is 10.1. The summed E-state index contributed by atoms with van der Waals surface area (Å²) < 4.78 is 34.9. The molecular formula is C26H25FN6O4. The molecule has 0 unspecified atom stereocenters. The molecule has 10 nitrogen and oxygen atoms in total. The van der Waals surface area contributed by atoms with Crippen molar-refractivity contribution in [2.75, 3.05) is 18.1 Å². The molecule has 6 rings (SSSR count). The molecule has 0 spiro atoms. The van der Waals surface area contributed by atoms with Crippen molar-refractivity contribution in [1.82, 2.24) is 24.8 Å². The number of carbonyl (C=O) groups excluding carboxylic acids is 1. The van der Waals surface area contributed by atoms with E-state index in [-0.39, 0.29) is 19.1 Å². The first-order chi connectivity index (χ1) is 17.7. The maximum atomic E-state index is 15.3. The molecule has 1 aromatic carbocycles. The Kier molecular flexibility index (Phi) is 5.25. The summed E-state index contributed by atoms with van der Waals surface area (Å²) in [7, 11) is 0. The third kappa shape index (κ3) is 3.90. The van der Waals surface area contributed by atoms with Gasteiger partial charge in [0.05, 0.1) is 37.6 Å². The van der Waals surface area contributed by atoms with Gasteiger partial charge in [-0.1, -0.05) is 0 Å². The predicted octanol–water partition coefficient (Wildman–Crippen LogP) is 4.44. The van der Waals surface area contributed by atoms with Crippen LogP contribution in [0.15, 0.2) is 36.8 Å². The lowest BCUT2D eigenvalue weighted by atomic mass is 9.95. The van der Waals surface area contributed by atoms with Crippen molar-refractivity contribution in [3.05, 3.63) is 59.4 Å². The van der Waals surface area contributed by atoms with E-state index in [9.17, 15) is 4.79 Å². The maximum absolute atomic E-state index is 15.3. The van der Waals surface area contributed by atoms with Crippen LogP contribution < -0.4 is 14.4 Å². The fraction of sp³-hybridized carbons (Fsp3) is 0.346.